The van der Waals surface area contributed by atoms with Crippen LogP contribution in [0, 0.1) is 5.82 Å². The summed E-state index contributed by atoms with van der Waals surface area (Å²) in [6, 6.07) is 4.51. The summed E-state index contributed by atoms with van der Waals surface area (Å²) in [6.45, 7) is 3.10. The predicted octanol–water partition coefficient (Wildman–Crippen LogP) is 1.25. The number of methoxy groups -OCH3 is 1. The normalized spacial score (nSPS) is 14.6. The number of anilines is 1. The van der Waals surface area contributed by atoms with Gasteiger partial charge in [-0.1, -0.05) is 0 Å². The van der Waals surface area contributed by atoms with Crippen molar-refractivity contribution in [2.45, 2.75) is 6.42 Å². The van der Waals surface area contributed by atoms with Gasteiger partial charge in [-0.2, -0.15) is 0 Å². The topological polar surface area (TPSA) is 58.8 Å². The molecule has 0 saturated carbocycles. The quantitative estimate of drug-likeness (QED) is 0.908. The van der Waals surface area contributed by atoms with Crippen LogP contribution in [0.1, 0.15) is 6.42 Å². The first-order valence-electron chi connectivity index (χ1n) is 6.72. The summed E-state index contributed by atoms with van der Waals surface area (Å²) >= 11 is 0. The van der Waals surface area contributed by atoms with Crippen LogP contribution in [0.15, 0.2) is 18.2 Å². The molecule has 7 heteroatoms. The SMILES string of the molecule is COc1cc(F)ccc1N1CCN(C(=O)CCN)CC1.Cl. The second-order valence-corrected chi connectivity index (χ2v) is 4.72. The van der Waals surface area contributed by atoms with E-state index in [-0.39, 0.29) is 24.1 Å². The summed E-state index contributed by atoms with van der Waals surface area (Å²) in [6.07, 6.45) is 0.389. The molecule has 0 unspecified atom stereocenters. The van der Waals surface area contributed by atoms with Crippen LogP contribution >= 0.6 is 12.4 Å². The molecule has 0 aliphatic carbocycles. The van der Waals surface area contributed by atoms with Crippen molar-refractivity contribution in [3.05, 3.63) is 24.0 Å². The van der Waals surface area contributed by atoms with E-state index < -0.39 is 0 Å². The fraction of sp³-hybridized carbons (Fsp3) is 0.500. The Morgan fingerprint density at radius 3 is 2.57 bits per heavy atom. The standard InChI is InChI=1S/C14H20FN3O2.ClH/c1-20-13-10-11(15)2-3-12(13)17-6-8-18(9-7-17)14(19)4-5-16;/h2-3,10H,4-9,16H2,1H3;1H. The number of carbonyl (C=O) groups excluding carboxylic acids is 1. The van der Waals surface area contributed by atoms with Crippen molar-refractivity contribution in [1.82, 2.24) is 4.90 Å². The average Bonchev–Trinajstić information content (AvgIpc) is 2.47. The summed E-state index contributed by atoms with van der Waals surface area (Å²) in [5, 5.41) is 0. The number of rotatable bonds is 4. The van der Waals surface area contributed by atoms with E-state index in [2.05, 4.69) is 4.90 Å². The number of nitrogens with zero attached hydrogens (tertiary/aromatic N) is 2. The Morgan fingerprint density at radius 1 is 1.33 bits per heavy atom. The third kappa shape index (κ3) is 4.22. The molecule has 21 heavy (non-hydrogen) atoms. The van der Waals surface area contributed by atoms with E-state index >= 15 is 0 Å². The molecular weight excluding hydrogens is 297 g/mol. The zero-order valence-corrected chi connectivity index (χ0v) is 12.9. The van der Waals surface area contributed by atoms with E-state index in [1.807, 2.05) is 4.90 Å². The fourth-order valence-electron chi connectivity index (χ4n) is 2.39. The van der Waals surface area contributed by atoms with Gasteiger partial charge in [-0.25, -0.2) is 4.39 Å². The highest BCUT2D eigenvalue weighted by Crippen LogP contribution is 2.29. The van der Waals surface area contributed by atoms with Crippen LogP contribution < -0.4 is 15.4 Å². The molecule has 1 aromatic carbocycles. The molecular formula is C14H21ClFN3O2. The highest BCUT2D eigenvalue weighted by molar-refractivity contribution is 5.85. The molecule has 118 valence electrons. The van der Waals surface area contributed by atoms with Gasteiger partial charge in [0, 0.05) is 45.2 Å². The van der Waals surface area contributed by atoms with Crippen LogP contribution in [0.4, 0.5) is 10.1 Å². The molecule has 0 spiro atoms. The second kappa shape index (κ2) is 8.05. The lowest BCUT2D eigenvalue weighted by Crippen LogP contribution is -2.49. The average molecular weight is 318 g/mol. The molecule has 5 nitrogen and oxygen atoms in total. The van der Waals surface area contributed by atoms with E-state index in [0.29, 0.717) is 44.9 Å². The van der Waals surface area contributed by atoms with Gasteiger partial charge in [0.2, 0.25) is 5.91 Å². The molecule has 1 aromatic rings. The maximum atomic E-state index is 13.2. The van der Waals surface area contributed by atoms with Gasteiger partial charge in [-0.15, -0.1) is 12.4 Å². The first kappa shape index (κ1) is 17.5. The number of halogens is 2. The molecule has 1 fully saturated rings. The monoisotopic (exact) mass is 317 g/mol. The smallest absolute Gasteiger partial charge is 0.223 e. The Hall–Kier alpha value is -1.53. The molecule has 1 heterocycles. The number of hydrogen-bond donors (Lipinski definition) is 1. The van der Waals surface area contributed by atoms with Crippen molar-refractivity contribution < 1.29 is 13.9 Å². The Balaban J connectivity index is 0.00000220. The van der Waals surface area contributed by atoms with Gasteiger partial charge in [0.1, 0.15) is 11.6 Å². The molecule has 2 N–H and O–H groups in total. The van der Waals surface area contributed by atoms with Crippen molar-refractivity contribution in [2.24, 2.45) is 5.73 Å². The number of carbonyl (C=O) groups is 1. The van der Waals surface area contributed by atoms with Crippen LogP contribution in [0.2, 0.25) is 0 Å². The minimum Gasteiger partial charge on any atom is -0.494 e. The summed E-state index contributed by atoms with van der Waals surface area (Å²) in [5.74, 6) is 0.298. The maximum absolute atomic E-state index is 13.2. The van der Waals surface area contributed by atoms with Gasteiger partial charge >= 0.3 is 0 Å². The summed E-state index contributed by atoms with van der Waals surface area (Å²) in [7, 11) is 1.53. The molecule has 0 radical (unpaired) electrons. The molecule has 1 aliphatic rings. The Kier molecular flexibility index (Phi) is 6.71. The molecule has 1 saturated heterocycles. The van der Waals surface area contributed by atoms with Crippen molar-refractivity contribution in [3.8, 4) is 5.75 Å². The minimum atomic E-state index is -0.317. The molecule has 1 amide bonds. The number of ether oxygens (including phenoxy) is 1. The fourth-order valence-corrected chi connectivity index (χ4v) is 2.39. The van der Waals surface area contributed by atoms with E-state index in [0.717, 1.165) is 5.69 Å². The Bertz CT molecular complexity index is 479. The van der Waals surface area contributed by atoms with Gasteiger partial charge < -0.3 is 20.3 Å². The number of amides is 1. The van der Waals surface area contributed by atoms with Gasteiger partial charge in [-0.3, -0.25) is 4.79 Å². The van der Waals surface area contributed by atoms with E-state index in [1.165, 1.54) is 19.2 Å². The highest BCUT2D eigenvalue weighted by Gasteiger charge is 2.22. The number of benzene rings is 1. The first-order chi connectivity index (χ1) is 9.65. The maximum Gasteiger partial charge on any atom is 0.223 e. The van der Waals surface area contributed by atoms with Crippen molar-refractivity contribution in [1.29, 1.82) is 0 Å². The number of piperazine rings is 1. The Morgan fingerprint density at radius 2 is 2.00 bits per heavy atom. The number of nitrogens with two attached hydrogens (primary N) is 1. The zero-order chi connectivity index (χ0) is 14.5. The summed E-state index contributed by atoms with van der Waals surface area (Å²) < 4.78 is 18.4. The molecule has 2 rings (SSSR count). The second-order valence-electron chi connectivity index (χ2n) is 4.72. The van der Waals surface area contributed by atoms with Crippen LogP contribution in [0.5, 0.6) is 5.75 Å². The van der Waals surface area contributed by atoms with Crippen LogP contribution in [0.3, 0.4) is 0 Å². The van der Waals surface area contributed by atoms with Crippen molar-refractivity contribution in [2.75, 3.05) is 44.7 Å². The van der Waals surface area contributed by atoms with Crippen LogP contribution in [-0.2, 0) is 4.79 Å². The lowest BCUT2D eigenvalue weighted by Gasteiger charge is -2.36. The molecule has 0 bridgehead atoms. The first-order valence-corrected chi connectivity index (χ1v) is 6.72. The van der Waals surface area contributed by atoms with E-state index in [1.54, 1.807) is 6.07 Å². The lowest BCUT2D eigenvalue weighted by atomic mass is 10.2. The van der Waals surface area contributed by atoms with Crippen LogP contribution in [-0.4, -0.2) is 50.6 Å². The number of hydrogen-bond acceptors (Lipinski definition) is 4. The zero-order valence-electron chi connectivity index (χ0n) is 12.0. The molecule has 1 aliphatic heterocycles. The van der Waals surface area contributed by atoms with Crippen molar-refractivity contribution >= 4 is 24.0 Å². The third-order valence-electron chi connectivity index (χ3n) is 3.47. The minimum absolute atomic E-state index is 0. The third-order valence-corrected chi connectivity index (χ3v) is 3.47. The Labute approximate surface area is 130 Å². The largest absolute Gasteiger partial charge is 0.494 e. The summed E-state index contributed by atoms with van der Waals surface area (Å²) in [5.41, 5.74) is 6.26. The molecule has 0 aromatic heterocycles. The summed E-state index contributed by atoms with van der Waals surface area (Å²) in [4.78, 5) is 15.7. The van der Waals surface area contributed by atoms with Gasteiger partial charge in [0.25, 0.3) is 0 Å². The lowest BCUT2D eigenvalue weighted by molar-refractivity contribution is -0.131. The van der Waals surface area contributed by atoms with Crippen LogP contribution in [0.25, 0.3) is 0 Å². The molecule has 0 atom stereocenters. The predicted molar refractivity (Wildman–Crippen MR) is 82.7 cm³/mol. The van der Waals surface area contributed by atoms with E-state index in [9.17, 15) is 9.18 Å². The van der Waals surface area contributed by atoms with E-state index in [4.69, 9.17) is 10.5 Å². The van der Waals surface area contributed by atoms with Crippen molar-refractivity contribution in [3.63, 3.8) is 0 Å². The van der Waals surface area contributed by atoms with Gasteiger partial charge in [0.05, 0.1) is 12.8 Å². The van der Waals surface area contributed by atoms with Gasteiger partial charge in [0.15, 0.2) is 0 Å². The van der Waals surface area contributed by atoms with Gasteiger partial charge in [-0.05, 0) is 12.1 Å². The highest BCUT2D eigenvalue weighted by atomic mass is 35.5.